The number of hydrogen-bond donors (Lipinski definition) is 1. The summed E-state index contributed by atoms with van der Waals surface area (Å²) in [5, 5.41) is 0. The summed E-state index contributed by atoms with van der Waals surface area (Å²) >= 11 is 1.84. The molecule has 10 nitrogen and oxygen atoms in total. The second kappa shape index (κ2) is 8.53. The van der Waals surface area contributed by atoms with E-state index in [9.17, 15) is 14.4 Å². The van der Waals surface area contributed by atoms with Crippen LogP contribution in [0.5, 0.6) is 5.75 Å². The average molecular weight is 574 g/mol. The largest absolute Gasteiger partial charge is 0.510 e. The minimum absolute atomic E-state index is 0.0615. The highest BCUT2D eigenvalue weighted by Gasteiger charge is 2.82. The van der Waals surface area contributed by atoms with Crippen LogP contribution < -0.4 is 15.6 Å². The minimum Gasteiger partial charge on any atom is -0.451 e. The second-order valence-electron chi connectivity index (χ2n) is 11.3. The summed E-state index contributed by atoms with van der Waals surface area (Å²) in [6.07, 6.45) is 3.67. The molecule has 1 N–H and O–H groups in total. The molecular weight excluding hydrogens is 546 g/mol. The molecule has 3 aliphatic heterocycles. The lowest BCUT2D eigenvalue weighted by Gasteiger charge is -2.48. The number of fused-ring (bicyclic) bond motifs is 3. The maximum atomic E-state index is 14.3. The van der Waals surface area contributed by atoms with Gasteiger partial charge in [0.1, 0.15) is 5.60 Å². The van der Waals surface area contributed by atoms with Gasteiger partial charge in [-0.25, -0.2) is 4.79 Å². The molecule has 1 saturated heterocycles. The maximum Gasteiger partial charge on any atom is 0.510 e. The van der Waals surface area contributed by atoms with Crippen molar-refractivity contribution >= 4 is 23.8 Å². The number of methoxy groups -OCH3 is 1. The Kier molecular flexibility index (Phi) is 5.16. The van der Waals surface area contributed by atoms with Gasteiger partial charge in [0, 0.05) is 29.3 Å². The monoisotopic (exact) mass is 573 g/mol. The van der Waals surface area contributed by atoms with E-state index in [4.69, 9.17) is 14.2 Å². The highest BCUT2D eigenvalue weighted by molar-refractivity contribution is 7.98. The predicted octanol–water partition coefficient (Wildman–Crippen LogP) is 3.72. The summed E-state index contributed by atoms with van der Waals surface area (Å²) in [6.45, 7) is -0.155. The van der Waals surface area contributed by atoms with Gasteiger partial charge in [-0.3, -0.25) is 19.7 Å². The van der Waals surface area contributed by atoms with E-state index < -0.39 is 35.2 Å². The maximum absolute atomic E-state index is 14.3. The Morgan fingerprint density at radius 1 is 1.10 bits per heavy atom. The summed E-state index contributed by atoms with van der Waals surface area (Å²) in [5.41, 5.74) is 6.08. The van der Waals surface area contributed by atoms with Gasteiger partial charge in [0.25, 0.3) is 5.91 Å². The Bertz CT molecular complexity index is 1700. The number of amides is 1. The zero-order valence-corrected chi connectivity index (χ0v) is 23.1. The van der Waals surface area contributed by atoms with E-state index in [2.05, 4.69) is 52.6 Å². The van der Waals surface area contributed by atoms with E-state index in [1.807, 2.05) is 16.7 Å². The number of morpholine rings is 1. The number of carbonyl (C=O) groups excluding carboxylic acids is 2. The van der Waals surface area contributed by atoms with Crippen LogP contribution in [0.15, 0.2) is 64.4 Å². The summed E-state index contributed by atoms with van der Waals surface area (Å²) in [6, 6.07) is 16.3. The summed E-state index contributed by atoms with van der Waals surface area (Å²) in [4.78, 5) is 41.5. The Morgan fingerprint density at radius 2 is 1.93 bits per heavy atom. The fourth-order valence-electron chi connectivity index (χ4n) is 6.74. The van der Waals surface area contributed by atoms with Crippen molar-refractivity contribution in [2.24, 2.45) is 0 Å². The molecule has 8 rings (SSSR count). The van der Waals surface area contributed by atoms with E-state index in [1.54, 1.807) is 4.68 Å². The summed E-state index contributed by atoms with van der Waals surface area (Å²) in [7, 11) is 1.17. The molecule has 2 atom stereocenters. The summed E-state index contributed by atoms with van der Waals surface area (Å²) < 4.78 is 23.4. The van der Waals surface area contributed by atoms with E-state index in [1.165, 1.54) is 41.0 Å². The zero-order chi connectivity index (χ0) is 28.0. The van der Waals surface area contributed by atoms with Gasteiger partial charge in [-0.1, -0.05) is 36.4 Å². The van der Waals surface area contributed by atoms with Crippen molar-refractivity contribution in [3.8, 4) is 5.75 Å². The van der Waals surface area contributed by atoms with Gasteiger partial charge in [0.2, 0.25) is 18.0 Å². The number of rotatable bonds is 4. The Labute approximate surface area is 239 Å². The van der Waals surface area contributed by atoms with Crippen LogP contribution in [0.1, 0.15) is 52.0 Å². The normalized spacial score (nSPS) is 25.8. The molecule has 5 aliphatic rings. The van der Waals surface area contributed by atoms with Crippen molar-refractivity contribution in [3.05, 3.63) is 92.9 Å². The molecule has 11 heteroatoms. The van der Waals surface area contributed by atoms with E-state index in [0.717, 1.165) is 30.6 Å². The molecule has 1 aromatic heterocycles. The minimum atomic E-state index is -0.951. The lowest BCUT2D eigenvalue weighted by Crippen LogP contribution is -2.65. The Balaban J connectivity index is 1.22. The van der Waals surface area contributed by atoms with Gasteiger partial charge >= 0.3 is 6.16 Å². The second-order valence-corrected chi connectivity index (χ2v) is 12.3. The molecule has 3 fully saturated rings. The molecule has 41 heavy (non-hydrogen) atoms. The molecule has 0 bridgehead atoms. The predicted molar refractivity (Wildman–Crippen MR) is 147 cm³/mol. The van der Waals surface area contributed by atoms with Gasteiger partial charge in [0.05, 0.1) is 19.3 Å². The van der Waals surface area contributed by atoms with Crippen molar-refractivity contribution in [2.45, 2.75) is 53.2 Å². The molecule has 3 aromatic rings. The topological polar surface area (TPSA) is 108 Å². The molecule has 2 spiro atoms. The molecule has 4 heterocycles. The van der Waals surface area contributed by atoms with Gasteiger partial charge in [-0.15, -0.1) is 11.8 Å². The molecule has 2 aromatic carbocycles. The molecule has 0 radical (unpaired) electrons. The number of ether oxygens (including phenoxy) is 4. The molecule has 210 valence electrons. The zero-order valence-electron chi connectivity index (χ0n) is 22.3. The third-order valence-corrected chi connectivity index (χ3v) is 10.1. The molecule has 1 unspecified atom stereocenters. The van der Waals surface area contributed by atoms with Crippen LogP contribution in [-0.2, 0) is 32.0 Å². The van der Waals surface area contributed by atoms with Crippen LogP contribution >= 0.6 is 11.8 Å². The smallest absolute Gasteiger partial charge is 0.451 e. The van der Waals surface area contributed by atoms with Crippen molar-refractivity contribution in [1.82, 2.24) is 9.58 Å². The number of hydrogen-bond acceptors (Lipinski definition) is 9. The number of thioether (sulfide) groups is 1. The first kappa shape index (κ1) is 24.8. The first-order valence-electron chi connectivity index (χ1n) is 13.6. The number of carbonyl (C=O) groups is 2. The van der Waals surface area contributed by atoms with Crippen LogP contribution in [0, 0.1) is 0 Å². The first-order valence-corrected chi connectivity index (χ1v) is 14.6. The van der Waals surface area contributed by atoms with Crippen LogP contribution in [0.25, 0.3) is 0 Å². The molecule has 2 saturated carbocycles. The average Bonchev–Trinajstić information content (AvgIpc) is 3.89. The molecular formula is C30H27N3O7S. The van der Waals surface area contributed by atoms with Crippen molar-refractivity contribution < 1.29 is 28.5 Å². The third-order valence-electron chi connectivity index (χ3n) is 8.94. The first-order chi connectivity index (χ1) is 19.9. The van der Waals surface area contributed by atoms with Gasteiger partial charge < -0.3 is 23.8 Å². The van der Waals surface area contributed by atoms with Crippen LogP contribution in [0.2, 0.25) is 0 Å². The molecule has 1 amide bonds. The van der Waals surface area contributed by atoms with Gasteiger partial charge in [0.15, 0.2) is 11.4 Å². The number of benzene rings is 2. The lowest BCUT2D eigenvalue weighted by atomic mass is 9.91. The SMILES string of the molecule is COC(=O)OCOc1c2n(ccc1=O)NC13C[C@@]1(c1cccc4c1Cc1ccccc1CS4)OC1(CC1)CN3C2=O. The van der Waals surface area contributed by atoms with Crippen molar-refractivity contribution in [2.75, 3.05) is 25.9 Å². The van der Waals surface area contributed by atoms with E-state index in [-0.39, 0.29) is 17.4 Å². The standard InChI is InChI=1S/C30H27N3O7S/c1-37-27(36)39-17-38-25-22(34)9-12-33-24(25)26(35)32-16-28(10-11-28)40-29(15-30(29,32)31-33)21-7-4-8-23-20(21)13-18-5-2-3-6-19(18)14-41-23/h2-9,12,31H,10-11,13-17H2,1H3/t29-,30?/m0/s1. The fourth-order valence-corrected chi connectivity index (χ4v) is 7.86. The van der Waals surface area contributed by atoms with E-state index >= 15 is 0 Å². The van der Waals surface area contributed by atoms with E-state index in [0.29, 0.717) is 13.0 Å². The highest BCUT2D eigenvalue weighted by atomic mass is 32.2. The van der Waals surface area contributed by atoms with Gasteiger partial charge in [-0.05, 0) is 47.6 Å². The van der Waals surface area contributed by atoms with Gasteiger partial charge in [-0.2, -0.15) is 0 Å². The van der Waals surface area contributed by atoms with Crippen LogP contribution in [-0.4, -0.2) is 53.3 Å². The quantitative estimate of drug-likeness (QED) is 0.369. The van der Waals surface area contributed by atoms with Crippen molar-refractivity contribution in [3.63, 3.8) is 0 Å². The van der Waals surface area contributed by atoms with Crippen LogP contribution in [0.3, 0.4) is 0 Å². The Hall–Kier alpha value is -3.96. The molecule has 2 aliphatic carbocycles. The number of nitrogens with zero attached hydrogens (tertiary/aromatic N) is 2. The van der Waals surface area contributed by atoms with Crippen molar-refractivity contribution in [1.29, 1.82) is 0 Å². The summed E-state index contributed by atoms with van der Waals surface area (Å²) in [5.74, 6) is 0.391. The highest BCUT2D eigenvalue weighted by Crippen LogP contribution is 2.70. The van der Waals surface area contributed by atoms with Crippen LogP contribution in [0.4, 0.5) is 4.79 Å². The fraction of sp³-hybridized carbons (Fsp3) is 0.367. The third kappa shape index (κ3) is 3.51. The Morgan fingerprint density at radius 3 is 2.73 bits per heavy atom. The lowest BCUT2D eigenvalue weighted by molar-refractivity contribution is -0.129. The number of pyridine rings is 1. The number of nitrogens with one attached hydrogen (secondary N) is 1. The number of aromatic nitrogens is 1.